The maximum atomic E-state index is 13.2. The lowest BCUT2D eigenvalue weighted by molar-refractivity contribution is -0.0828. The number of anilines is 1. The Morgan fingerprint density at radius 1 is 1.40 bits per heavy atom. The smallest absolute Gasteiger partial charge is 0.125 e. The Kier molecular flexibility index (Phi) is 4.22. The second-order valence-electron chi connectivity index (χ2n) is 5.41. The van der Waals surface area contributed by atoms with Crippen LogP contribution < -0.4 is 5.32 Å². The highest BCUT2D eigenvalue weighted by Gasteiger charge is 2.41. The van der Waals surface area contributed by atoms with Crippen LogP contribution in [0.2, 0.25) is 5.02 Å². The molecule has 0 radical (unpaired) electrons. The maximum absolute atomic E-state index is 13.2. The minimum Gasteiger partial charge on any atom is -0.380 e. The highest BCUT2D eigenvalue weighted by atomic mass is 79.9. The summed E-state index contributed by atoms with van der Waals surface area (Å²) in [6, 6.07) is 2.99. The van der Waals surface area contributed by atoms with Crippen LogP contribution in [0.5, 0.6) is 0 Å². The molecular formula is C14H16BrClFNO2. The van der Waals surface area contributed by atoms with Crippen molar-refractivity contribution in [1.29, 1.82) is 0 Å². The summed E-state index contributed by atoms with van der Waals surface area (Å²) < 4.78 is 25.3. The van der Waals surface area contributed by atoms with Crippen molar-refractivity contribution in [3.05, 3.63) is 27.4 Å². The highest BCUT2D eigenvalue weighted by molar-refractivity contribution is 9.10. The molecule has 1 spiro atoms. The molecule has 0 saturated carbocycles. The lowest BCUT2D eigenvalue weighted by Gasteiger charge is -2.38. The van der Waals surface area contributed by atoms with Crippen LogP contribution in [0.3, 0.4) is 0 Å². The van der Waals surface area contributed by atoms with Crippen LogP contribution in [-0.4, -0.2) is 31.5 Å². The molecule has 2 unspecified atom stereocenters. The minimum atomic E-state index is -0.347. The van der Waals surface area contributed by atoms with Crippen molar-refractivity contribution in [3.8, 4) is 0 Å². The maximum Gasteiger partial charge on any atom is 0.125 e. The molecule has 2 aliphatic rings. The normalized spacial score (nSPS) is 29.9. The quantitative estimate of drug-likeness (QED) is 0.860. The van der Waals surface area contributed by atoms with E-state index in [-0.39, 0.29) is 17.5 Å². The van der Waals surface area contributed by atoms with Gasteiger partial charge in [0.15, 0.2) is 0 Å². The third-order valence-electron chi connectivity index (χ3n) is 3.92. The van der Waals surface area contributed by atoms with Crippen molar-refractivity contribution in [1.82, 2.24) is 0 Å². The average Bonchev–Trinajstić information content (AvgIpc) is 2.82. The average molecular weight is 365 g/mol. The first-order valence-corrected chi connectivity index (χ1v) is 7.88. The van der Waals surface area contributed by atoms with Gasteiger partial charge in [-0.2, -0.15) is 0 Å². The predicted molar refractivity (Wildman–Crippen MR) is 79.9 cm³/mol. The fourth-order valence-corrected chi connectivity index (χ4v) is 3.82. The molecule has 2 heterocycles. The minimum absolute atomic E-state index is 0.158. The van der Waals surface area contributed by atoms with Gasteiger partial charge >= 0.3 is 0 Å². The molecule has 0 aliphatic carbocycles. The van der Waals surface area contributed by atoms with E-state index in [9.17, 15) is 4.39 Å². The molecule has 2 saturated heterocycles. The summed E-state index contributed by atoms with van der Waals surface area (Å²) in [7, 11) is 0. The molecule has 3 rings (SSSR count). The summed E-state index contributed by atoms with van der Waals surface area (Å²) in [6.07, 6.45) is 2.72. The number of nitrogens with one attached hydrogen (secondary N) is 1. The zero-order valence-electron chi connectivity index (χ0n) is 10.9. The van der Waals surface area contributed by atoms with Crippen molar-refractivity contribution in [3.63, 3.8) is 0 Å². The standard InChI is InChI=1S/C14H16BrClFNO2/c15-11-5-9(17)6-12(16)13(11)18-10-1-3-20-14(7-10)2-4-19-8-14/h5-6,10,18H,1-4,7-8H2. The van der Waals surface area contributed by atoms with E-state index in [1.165, 1.54) is 12.1 Å². The van der Waals surface area contributed by atoms with E-state index < -0.39 is 0 Å². The van der Waals surface area contributed by atoms with Gasteiger partial charge in [0.25, 0.3) is 0 Å². The van der Waals surface area contributed by atoms with Gasteiger partial charge in [-0.15, -0.1) is 0 Å². The molecule has 2 atom stereocenters. The Hall–Kier alpha value is -0.360. The van der Waals surface area contributed by atoms with Gasteiger partial charge in [-0.3, -0.25) is 0 Å². The molecule has 2 aliphatic heterocycles. The van der Waals surface area contributed by atoms with Gasteiger partial charge in [-0.25, -0.2) is 4.39 Å². The van der Waals surface area contributed by atoms with Crippen molar-refractivity contribution in [2.75, 3.05) is 25.1 Å². The molecule has 20 heavy (non-hydrogen) atoms. The number of halogens is 3. The predicted octanol–water partition coefficient (Wildman–Crippen LogP) is 3.99. The molecule has 1 aromatic rings. The first-order valence-electron chi connectivity index (χ1n) is 6.71. The topological polar surface area (TPSA) is 30.5 Å². The summed E-state index contributed by atoms with van der Waals surface area (Å²) in [5, 5.41) is 3.80. The van der Waals surface area contributed by atoms with Crippen LogP contribution in [0.1, 0.15) is 19.3 Å². The van der Waals surface area contributed by atoms with Crippen molar-refractivity contribution in [2.24, 2.45) is 0 Å². The van der Waals surface area contributed by atoms with Crippen LogP contribution >= 0.6 is 27.5 Å². The third-order valence-corrected chi connectivity index (χ3v) is 4.84. The molecule has 110 valence electrons. The van der Waals surface area contributed by atoms with E-state index in [0.717, 1.165) is 31.6 Å². The molecule has 6 heteroatoms. The summed E-state index contributed by atoms with van der Waals surface area (Å²) in [4.78, 5) is 0. The largest absolute Gasteiger partial charge is 0.380 e. The summed E-state index contributed by atoms with van der Waals surface area (Å²) in [5.74, 6) is -0.347. The van der Waals surface area contributed by atoms with Gasteiger partial charge in [-0.1, -0.05) is 11.6 Å². The Morgan fingerprint density at radius 3 is 2.95 bits per heavy atom. The van der Waals surface area contributed by atoms with Gasteiger partial charge in [-0.05, 0) is 40.9 Å². The monoisotopic (exact) mass is 363 g/mol. The third kappa shape index (κ3) is 2.96. The van der Waals surface area contributed by atoms with Crippen molar-refractivity contribution in [2.45, 2.75) is 30.9 Å². The molecule has 1 N–H and O–H groups in total. The van der Waals surface area contributed by atoms with Crippen LogP contribution in [-0.2, 0) is 9.47 Å². The lowest BCUT2D eigenvalue weighted by Crippen LogP contribution is -2.45. The molecule has 2 fully saturated rings. The fourth-order valence-electron chi connectivity index (χ4n) is 2.90. The summed E-state index contributed by atoms with van der Waals surface area (Å²) in [5.41, 5.74) is 0.587. The zero-order chi connectivity index (χ0) is 14.2. The molecule has 1 aromatic carbocycles. The molecule has 0 bridgehead atoms. The van der Waals surface area contributed by atoms with Crippen LogP contribution in [0.25, 0.3) is 0 Å². The van der Waals surface area contributed by atoms with E-state index in [4.69, 9.17) is 21.1 Å². The second kappa shape index (κ2) is 5.79. The van der Waals surface area contributed by atoms with Gasteiger partial charge in [0.2, 0.25) is 0 Å². The first-order chi connectivity index (χ1) is 9.58. The number of ether oxygens (including phenoxy) is 2. The van der Waals surface area contributed by atoms with Gasteiger partial charge in [0.05, 0.1) is 22.9 Å². The van der Waals surface area contributed by atoms with Gasteiger partial charge in [0, 0.05) is 30.1 Å². The summed E-state index contributed by atoms with van der Waals surface area (Å²) >= 11 is 9.47. The number of benzene rings is 1. The van der Waals surface area contributed by atoms with Crippen LogP contribution in [0.4, 0.5) is 10.1 Å². The van der Waals surface area contributed by atoms with Gasteiger partial charge in [0.1, 0.15) is 5.82 Å². The van der Waals surface area contributed by atoms with E-state index >= 15 is 0 Å². The number of hydrogen-bond donors (Lipinski definition) is 1. The highest BCUT2D eigenvalue weighted by Crippen LogP contribution is 2.37. The molecular weight excluding hydrogens is 349 g/mol. The Morgan fingerprint density at radius 2 is 2.25 bits per heavy atom. The van der Waals surface area contributed by atoms with E-state index in [1.54, 1.807) is 0 Å². The molecule has 3 nitrogen and oxygen atoms in total. The second-order valence-corrected chi connectivity index (χ2v) is 6.67. The lowest BCUT2D eigenvalue weighted by atomic mass is 9.89. The van der Waals surface area contributed by atoms with Crippen molar-refractivity contribution < 1.29 is 13.9 Å². The molecule has 0 amide bonds. The number of hydrogen-bond acceptors (Lipinski definition) is 3. The van der Waals surface area contributed by atoms with E-state index in [1.807, 2.05) is 0 Å². The zero-order valence-corrected chi connectivity index (χ0v) is 13.3. The summed E-state index contributed by atoms with van der Waals surface area (Å²) in [6.45, 7) is 2.12. The van der Waals surface area contributed by atoms with E-state index in [2.05, 4.69) is 21.2 Å². The van der Waals surface area contributed by atoms with Crippen molar-refractivity contribution >= 4 is 33.2 Å². The Bertz CT molecular complexity index is 485. The fraction of sp³-hybridized carbons (Fsp3) is 0.571. The van der Waals surface area contributed by atoms with Gasteiger partial charge < -0.3 is 14.8 Å². The van der Waals surface area contributed by atoms with Crippen LogP contribution in [0.15, 0.2) is 16.6 Å². The molecule has 0 aromatic heterocycles. The first kappa shape index (κ1) is 14.6. The van der Waals surface area contributed by atoms with Crippen LogP contribution in [0, 0.1) is 5.82 Å². The Labute approximate surface area is 130 Å². The SMILES string of the molecule is Fc1cc(Cl)c(NC2CCOC3(CCOC3)C2)c(Br)c1. The number of rotatable bonds is 2. The Balaban J connectivity index is 1.74. The van der Waals surface area contributed by atoms with E-state index in [0.29, 0.717) is 22.7 Å².